The maximum Gasteiger partial charge on any atom is 0.335 e. The van der Waals surface area contributed by atoms with Crippen molar-refractivity contribution in [3.8, 4) is 11.4 Å². The lowest BCUT2D eigenvalue weighted by molar-refractivity contribution is 0.0697. The third-order valence-corrected chi connectivity index (χ3v) is 2.71. The van der Waals surface area contributed by atoms with Gasteiger partial charge in [-0.3, -0.25) is 4.98 Å². The van der Waals surface area contributed by atoms with Gasteiger partial charge in [-0.05, 0) is 26.2 Å². The lowest BCUT2D eigenvalue weighted by atomic mass is 10.2. The summed E-state index contributed by atoms with van der Waals surface area (Å²) in [6, 6.07) is 3.00. The van der Waals surface area contributed by atoms with E-state index in [-0.39, 0.29) is 5.56 Å². The second kappa shape index (κ2) is 5.62. The molecule has 0 unspecified atom stereocenters. The van der Waals surface area contributed by atoms with Gasteiger partial charge >= 0.3 is 5.97 Å². The Morgan fingerprint density at radius 2 is 2.16 bits per heavy atom. The zero-order valence-electron chi connectivity index (χ0n) is 10.9. The summed E-state index contributed by atoms with van der Waals surface area (Å²) in [4.78, 5) is 21.4. The first-order valence-electron chi connectivity index (χ1n) is 5.92. The number of imidazole rings is 1. The zero-order valence-corrected chi connectivity index (χ0v) is 10.9. The molecule has 100 valence electrons. The van der Waals surface area contributed by atoms with Crippen molar-refractivity contribution in [2.75, 3.05) is 20.6 Å². The van der Waals surface area contributed by atoms with E-state index in [1.807, 2.05) is 24.9 Å². The molecule has 1 N–H and O–H groups in total. The minimum atomic E-state index is -0.962. The topological polar surface area (TPSA) is 71.2 Å². The van der Waals surface area contributed by atoms with Gasteiger partial charge in [0.15, 0.2) is 0 Å². The van der Waals surface area contributed by atoms with Crippen molar-refractivity contribution in [2.24, 2.45) is 0 Å². The monoisotopic (exact) mass is 260 g/mol. The highest BCUT2D eigenvalue weighted by atomic mass is 16.4. The minimum Gasteiger partial charge on any atom is -0.478 e. The van der Waals surface area contributed by atoms with E-state index in [4.69, 9.17) is 5.11 Å². The molecule has 0 radical (unpaired) electrons. The van der Waals surface area contributed by atoms with E-state index in [0.717, 1.165) is 13.1 Å². The van der Waals surface area contributed by atoms with Crippen LogP contribution in [0, 0.1) is 0 Å². The van der Waals surface area contributed by atoms with Gasteiger partial charge in [0.1, 0.15) is 5.69 Å². The number of likely N-dealkylation sites (N-methyl/N-ethyl adjacent to an activating group) is 1. The van der Waals surface area contributed by atoms with Gasteiger partial charge in [-0.1, -0.05) is 0 Å². The van der Waals surface area contributed by atoms with Gasteiger partial charge in [0.25, 0.3) is 0 Å². The normalized spacial score (nSPS) is 10.9. The molecule has 0 saturated heterocycles. The molecule has 2 aromatic rings. The minimum absolute atomic E-state index is 0.216. The molecule has 6 nitrogen and oxygen atoms in total. The first-order chi connectivity index (χ1) is 9.06. The van der Waals surface area contributed by atoms with Crippen molar-refractivity contribution in [3.63, 3.8) is 0 Å². The molecule has 0 bridgehead atoms. The van der Waals surface area contributed by atoms with Crippen LogP contribution in [0.15, 0.2) is 30.9 Å². The van der Waals surface area contributed by atoms with Gasteiger partial charge in [0.05, 0.1) is 17.6 Å². The van der Waals surface area contributed by atoms with Crippen molar-refractivity contribution in [1.29, 1.82) is 0 Å². The van der Waals surface area contributed by atoms with E-state index >= 15 is 0 Å². The highest BCUT2D eigenvalue weighted by Gasteiger charge is 2.08. The molecule has 0 atom stereocenters. The summed E-state index contributed by atoms with van der Waals surface area (Å²) in [5, 5.41) is 8.95. The Morgan fingerprint density at radius 1 is 1.37 bits per heavy atom. The van der Waals surface area contributed by atoms with Gasteiger partial charge in [0, 0.05) is 25.5 Å². The number of carboxylic acids is 1. The first kappa shape index (κ1) is 13.2. The highest BCUT2D eigenvalue weighted by Crippen LogP contribution is 2.15. The largest absolute Gasteiger partial charge is 0.478 e. The third kappa shape index (κ3) is 3.38. The Balaban J connectivity index is 2.18. The maximum absolute atomic E-state index is 10.9. The summed E-state index contributed by atoms with van der Waals surface area (Å²) < 4.78 is 1.96. The predicted octanol–water partition coefficient (Wildman–Crippen LogP) is 1.20. The highest BCUT2D eigenvalue weighted by molar-refractivity contribution is 5.88. The molecule has 0 aliphatic carbocycles. The Morgan fingerprint density at radius 3 is 2.84 bits per heavy atom. The molecule has 0 aromatic carbocycles. The average Bonchev–Trinajstić information content (AvgIpc) is 2.85. The van der Waals surface area contributed by atoms with Gasteiger partial charge < -0.3 is 14.6 Å². The van der Waals surface area contributed by atoms with Gasteiger partial charge in [-0.2, -0.15) is 0 Å². The van der Waals surface area contributed by atoms with E-state index in [2.05, 4.69) is 14.9 Å². The molecule has 0 spiro atoms. The molecule has 0 saturated carbocycles. The van der Waals surface area contributed by atoms with E-state index in [0.29, 0.717) is 11.4 Å². The number of pyridine rings is 1. The quantitative estimate of drug-likeness (QED) is 0.874. The second-order valence-corrected chi connectivity index (χ2v) is 4.53. The number of rotatable bonds is 5. The van der Waals surface area contributed by atoms with Gasteiger partial charge in [-0.15, -0.1) is 0 Å². The van der Waals surface area contributed by atoms with Crippen LogP contribution in [0.4, 0.5) is 0 Å². The van der Waals surface area contributed by atoms with Crippen LogP contribution in [0.5, 0.6) is 0 Å². The molecule has 0 aliphatic rings. The molecule has 0 aliphatic heterocycles. The molecular formula is C13H16N4O2. The van der Waals surface area contributed by atoms with Crippen LogP contribution in [0.25, 0.3) is 11.4 Å². The van der Waals surface area contributed by atoms with E-state index in [9.17, 15) is 4.79 Å². The van der Waals surface area contributed by atoms with Crippen molar-refractivity contribution in [1.82, 2.24) is 19.4 Å². The van der Waals surface area contributed by atoms with Crippen molar-refractivity contribution >= 4 is 5.97 Å². The van der Waals surface area contributed by atoms with Crippen molar-refractivity contribution in [2.45, 2.75) is 6.54 Å². The van der Waals surface area contributed by atoms with Crippen LogP contribution in [-0.2, 0) is 6.54 Å². The summed E-state index contributed by atoms with van der Waals surface area (Å²) in [5.41, 5.74) is 1.47. The molecule has 19 heavy (non-hydrogen) atoms. The third-order valence-electron chi connectivity index (χ3n) is 2.71. The number of hydrogen-bond acceptors (Lipinski definition) is 4. The lowest BCUT2D eigenvalue weighted by Gasteiger charge is -2.08. The number of hydrogen-bond donors (Lipinski definition) is 1. The number of carboxylic acid groups (broad SMARTS) is 1. The Bertz CT molecular complexity index is 578. The fraction of sp³-hybridized carbons (Fsp3) is 0.308. The zero-order chi connectivity index (χ0) is 13.8. The molecule has 6 heteroatoms. The fourth-order valence-electron chi connectivity index (χ4n) is 1.63. The Hall–Kier alpha value is -2.21. The average molecular weight is 260 g/mol. The maximum atomic E-state index is 10.9. The smallest absolute Gasteiger partial charge is 0.335 e. The lowest BCUT2D eigenvalue weighted by Crippen LogP contribution is -2.17. The van der Waals surface area contributed by atoms with Crippen molar-refractivity contribution in [3.05, 3.63) is 36.4 Å². The van der Waals surface area contributed by atoms with Crippen molar-refractivity contribution < 1.29 is 9.90 Å². The molecule has 0 amide bonds. The predicted molar refractivity (Wildman–Crippen MR) is 71.0 cm³/mol. The number of nitrogens with zero attached hydrogens (tertiary/aromatic N) is 4. The van der Waals surface area contributed by atoms with Crippen LogP contribution in [0.3, 0.4) is 0 Å². The summed E-state index contributed by atoms with van der Waals surface area (Å²) in [6.07, 6.45) is 5.09. The van der Waals surface area contributed by atoms with Crippen LogP contribution in [-0.4, -0.2) is 51.2 Å². The standard InChI is InChI=1S/C13H16N4O2/c1-16(2)5-6-17-8-12(15-9-17)11-7-10(13(18)19)3-4-14-11/h3-4,7-9H,5-6H2,1-2H3,(H,18,19). The van der Waals surface area contributed by atoms with Crippen LogP contribution in [0.2, 0.25) is 0 Å². The van der Waals surface area contributed by atoms with Crippen LogP contribution in [0.1, 0.15) is 10.4 Å². The summed E-state index contributed by atoms with van der Waals surface area (Å²) in [6.45, 7) is 1.75. The van der Waals surface area contributed by atoms with Gasteiger partial charge in [-0.25, -0.2) is 9.78 Å². The van der Waals surface area contributed by atoms with Crippen LogP contribution >= 0.6 is 0 Å². The SMILES string of the molecule is CN(C)CCn1cnc(-c2cc(C(=O)O)ccn2)c1. The Labute approximate surface area is 111 Å². The first-order valence-corrected chi connectivity index (χ1v) is 5.92. The molecular weight excluding hydrogens is 244 g/mol. The van der Waals surface area contributed by atoms with E-state index in [1.54, 1.807) is 6.33 Å². The summed E-state index contributed by atoms with van der Waals surface area (Å²) >= 11 is 0. The van der Waals surface area contributed by atoms with E-state index < -0.39 is 5.97 Å². The van der Waals surface area contributed by atoms with Gasteiger partial charge in [0.2, 0.25) is 0 Å². The molecule has 2 rings (SSSR count). The molecule has 2 aromatic heterocycles. The number of aromatic carboxylic acids is 1. The Kier molecular flexibility index (Phi) is 3.91. The molecule has 0 fully saturated rings. The number of carbonyl (C=O) groups is 1. The second-order valence-electron chi connectivity index (χ2n) is 4.53. The fourth-order valence-corrected chi connectivity index (χ4v) is 1.63. The summed E-state index contributed by atoms with van der Waals surface area (Å²) in [7, 11) is 4.02. The summed E-state index contributed by atoms with van der Waals surface area (Å²) in [5.74, 6) is -0.962. The van der Waals surface area contributed by atoms with Crippen LogP contribution < -0.4 is 0 Å². The van der Waals surface area contributed by atoms with E-state index in [1.165, 1.54) is 18.3 Å². The number of aromatic nitrogens is 3. The molecule has 2 heterocycles.